The van der Waals surface area contributed by atoms with Gasteiger partial charge in [0.2, 0.25) is 0 Å². The topological polar surface area (TPSA) is 54.4 Å². The highest BCUT2D eigenvalue weighted by atomic mass is 79.9. The Bertz CT molecular complexity index is 934. The average Bonchev–Trinajstić information content (AvgIpc) is 2.67. The van der Waals surface area contributed by atoms with Crippen LogP contribution in [0.4, 0.5) is 5.82 Å². The molecule has 6 heteroatoms. The molecule has 140 valence electrons. The molecule has 0 radical (unpaired) electrons. The van der Waals surface area contributed by atoms with Gasteiger partial charge in [0.25, 0.3) is 0 Å². The minimum atomic E-state index is 0.173. The van der Waals surface area contributed by atoms with Gasteiger partial charge in [0.1, 0.15) is 11.6 Å². The normalized spacial score (nSPS) is 10.8. The lowest BCUT2D eigenvalue weighted by Crippen LogP contribution is -2.06. The van der Waals surface area contributed by atoms with Crippen LogP contribution in [0.5, 0.6) is 5.75 Å². The maximum Gasteiger partial charge on any atom is 0.127 e. The van der Waals surface area contributed by atoms with E-state index in [9.17, 15) is 5.11 Å². The number of anilines is 1. The molecule has 3 aromatic rings. The summed E-state index contributed by atoms with van der Waals surface area (Å²) in [5.41, 5.74) is 3.16. The molecule has 2 N–H and O–H groups in total. The molecule has 0 aliphatic heterocycles. The van der Waals surface area contributed by atoms with Crippen molar-refractivity contribution in [1.29, 1.82) is 0 Å². The minimum absolute atomic E-state index is 0.173. The predicted octanol–water partition coefficient (Wildman–Crippen LogP) is 5.99. The molecule has 2 aromatic carbocycles. The van der Waals surface area contributed by atoms with E-state index in [0.717, 1.165) is 34.4 Å². The zero-order valence-electron chi connectivity index (χ0n) is 14.9. The monoisotopic (exact) mass is 446 g/mol. The fourth-order valence-corrected chi connectivity index (χ4v) is 3.36. The van der Waals surface area contributed by atoms with E-state index in [4.69, 9.17) is 16.3 Å². The highest BCUT2D eigenvalue weighted by Crippen LogP contribution is 2.36. The van der Waals surface area contributed by atoms with Gasteiger partial charge in [0, 0.05) is 40.9 Å². The molecule has 0 spiro atoms. The summed E-state index contributed by atoms with van der Waals surface area (Å²) in [6.07, 6.45) is 0.867. The van der Waals surface area contributed by atoms with Crippen molar-refractivity contribution in [1.82, 2.24) is 4.98 Å². The summed E-state index contributed by atoms with van der Waals surface area (Å²) in [7, 11) is 1.68. The summed E-state index contributed by atoms with van der Waals surface area (Å²) >= 11 is 9.85. The van der Waals surface area contributed by atoms with Crippen LogP contribution in [0, 0.1) is 0 Å². The Kier molecular flexibility index (Phi) is 6.72. The molecule has 0 bridgehead atoms. The van der Waals surface area contributed by atoms with Crippen LogP contribution in [-0.2, 0) is 4.74 Å². The third kappa shape index (κ3) is 5.01. The highest BCUT2D eigenvalue weighted by Gasteiger charge is 2.12. The van der Waals surface area contributed by atoms with Crippen molar-refractivity contribution in [2.45, 2.75) is 6.42 Å². The molecule has 0 unspecified atom stereocenters. The summed E-state index contributed by atoms with van der Waals surface area (Å²) in [5.74, 6) is 0.894. The molecule has 0 amide bonds. The molecule has 0 fully saturated rings. The number of hydrogen-bond donors (Lipinski definition) is 2. The van der Waals surface area contributed by atoms with E-state index in [1.807, 2.05) is 42.5 Å². The average molecular weight is 448 g/mol. The van der Waals surface area contributed by atoms with Crippen molar-refractivity contribution in [3.05, 3.63) is 64.1 Å². The maximum absolute atomic E-state index is 10.3. The van der Waals surface area contributed by atoms with Crippen molar-refractivity contribution in [3.8, 4) is 28.1 Å². The van der Waals surface area contributed by atoms with E-state index < -0.39 is 0 Å². The van der Waals surface area contributed by atoms with E-state index >= 15 is 0 Å². The summed E-state index contributed by atoms with van der Waals surface area (Å²) in [4.78, 5) is 4.68. The molecular formula is C21H20BrClN2O2. The van der Waals surface area contributed by atoms with Crippen molar-refractivity contribution in [2.75, 3.05) is 25.6 Å². The van der Waals surface area contributed by atoms with Crippen LogP contribution in [0.1, 0.15) is 6.42 Å². The Morgan fingerprint density at radius 3 is 2.70 bits per heavy atom. The lowest BCUT2D eigenvalue weighted by atomic mass is 10.0. The standard InChI is InChI=1S/C21H20BrClN2O2/c1-27-10-4-9-24-21-12-14(16-5-2-3-6-18(16)23)11-19(25-21)17-13-15(22)7-8-20(17)26/h2-3,5-8,11-13,26H,4,9-10H2,1H3,(H,24,25). The summed E-state index contributed by atoms with van der Waals surface area (Å²) in [5, 5.41) is 14.3. The third-order valence-corrected chi connectivity index (χ3v) is 4.90. The quantitative estimate of drug-likeness (QED) is 0.437. The fourth-order valence-electron chi connectivity index (χ4n) is 2.76. The minimum Gasteiger partial charge on any atom is -0.507 e. The zero-order valence-corrected chi connectivity index (χ0v) is 17.2. The van der Waals surface area contributed by atoms with Gasteiger partial charge >= 0.3 is 0 Å². The van der Waals surface area contributed by atoms with Gasteiger partial charge in [0.15, 0.2) is 0 Å². The second-order valence-corrected chi connectivity index (χ2v) is 7.36. The van der Waals surface area contributed by atoms with E-state index in [2.05, 4.69) is 26.2 Å². The van der Waals surface area contributed by atoms with Crippen molar-refractivity contribution < 1.29 is 9.84 Å². The number of ether oxygens (including phenoxy) is 1. The first kappa shape index (κ1) is 19.7. The summed E-state index contributed by atoms with van der Waals surface area (Å²) in [6.45, 7) is 1.41. The first-order valence-electron chi connectivity index (χ1n) is 8.57. The van der Waals surface area contributed by atoms with Gasteiger partial charge in [-0.15, -0.1) is 0 Å². The van der Waals surface area contributed by atoms with Gasteiger partial charge < -0.3 is 15.2 Å². The van der Waals surface area contributed by atoms with E-state index in [-0.39, 0.29) is 5.75 Å². The number of benzene rings is 2. The maximum atomic E-state index is 10.3. The molecule has 0 aliphatic rings. The molecule has 0 aliphatic carbocycles. The lowest BCUT2D eigenvalue weighted by molar-refractivity contribution is 0.198. The first-order chi connectivity index (χ1) is 13.1. The first-order valence-corrected chi connectivity index (χ1v) is 9.74. The van der Waals surface area contributed by atoms with Crippen molar-refractivity contribution in [3.63, 3.8) is 0 Å². The van der Waals surface area contributed by atoms with E-state index in [0.29, 0.717) is 22.9 Å². The SMILES string of the molecule is COCCCNc1cc(-c2ccccc2Cl)cc(-c2cc(Br)ccc2O)n1. The van der Waals surface area contributed by atoms with Gasteiger partial charge in [-0.3, -0.25) is 0 Å². The van der Waals surface area contributed by atoms with Crippen LogP contribution in [0.15, 0.2) is 59.1 Å². The molecular weight excluding hydrogens is 428 g/mol. The van der Waals surface area contributed by atoms with Gasteiger partial charge in [-0.1, -0.05) is 45.7 Å². The fraction of sp³-hybridized carbons (Fsp3) is 0.190. The number of pyridine rings is 1. The molecule has 4 nitrogen and oxygen atoms in total. The predicted molar refractivity (Wildman–Crippen MR) is 114 cm³/mol. The van der Waals surface area contributed by atoms with Gasteiger partial charge in [-0.25, -0.2) is 4.98 Å². The molecule has 1 heterocycles. The second kappa shape index (κ2) is 9.22. The molecule has 1 aromatic heterocycles. The molecule has 27 heavy (non-hydrogen) atoms. The van der Waals surface area contributed by atoms with Crippen LogP contribution >= 0.6 is 27.5 Å². The number of aromatic nitrogens is 1. The number of methoxy groups -OCH3 is 1. The van der Waals surface area contributed by atoms with Crippen molar-refractivity contribution >= 4 is 33.3 Å². The third-order valence-electron chi connectivity index (χ3n) is 4.08. The highest BCUT2D eigenvalue weighted by molar-refractivity contribution is 9.10. The Hall–Kier alpha value is -2.08. The number of halogens is 2. The lowest BCUT2D eigenvalue weighted by Gasteiger charge is -2.13. The number of aromatic hydroxyl groups is 1. The molecule has 3 rings (SSSR count). The second-order valence-electron chi connectivity index (χ2n) is 6.04. The smallest absolute Gasteiger partial charge is 0.127 e. The Morgan fingerprint density at radius 2 is 1.93 bits per heavy atom. The van der Waals surface area contributed by atoms with E-state index in [1.54, 1.807) is 19.2 Å². The van der Waals surface area contributed by atoms with Gasteiger partial charge in [-0.05, 0) is 48.4 Å². The number of nitrogens with zero attached hydrogens (tertiary/aromatic N) is 1. The number of phenolic OH excluding ortho intramolecular Hbond substituents is 1. The van der Waals surface area contributed by atoms with Gasteiger partial charge in [-0.2, -0.15) is 0 Å². The Balaban J connectivity index is 2.05. The Labute approximate surface area is 172 Å². The Morgan fingerprint density at radius 1 is 1.11 bits per heavy atom. The van der Waals surface area contributed by atoms with Crippen molar-refractivity contribution in [2.24, 2.45) is 0 Å². The molecule has 0 atom stereocenters. The van der Waals surface area contributed by atoms with Crippen LogP contribution in [-0.4, -0.2) is 30.4 Å². The van der Waals surface area contributed by atoms with Gasteiger partial charge in [0.05, 0.1) is 5.69 Å². The summed E-state index contributed by atoms with van der Waals surface area (Å²) in [6, 6.07) is 16.9. The number of hydrogen-bond acceptors (Lipinski definition) is 4. The van der Waals surface area contributed by atoms with Crippen LogP contribution in [0.3, 0.4) is 0 Å². The van der Waals surface area contributed by atoms with Crippen LogP contribution in [0.2, 0.25) is 5.02 Å². The number of rotatable bonds is 7. The van der Waals surface area contributed by atoms with Crippen LogP contribution < -0.4 is 5.32 Å². The number of phenols is 1. The summed E-state index contributed by atoms with van der Waals surface area (Å²) < 4.78 is 5.96. The molecule has 0 saturated heterocycles. The number of nitrogens with one attached hydrogen (secondary N) is 1. The van der Waals surface area contributed by atoms with E-state index in [1.165, 1.54) is 0 Å². The zero-order chi connectivity index (χ0) is 19.2. The largest absolute Gasteiger partial charge is 0.507 e. The molecule has 0 saturated carbocycles. The van der Waals surface area contributed by atoms with Crippen LogP contribution in [0.25, 0.3) is 22.4 Å².